The first-order valence-electron chi connectivity index (χ1n) is 3.46. The van der Waals surface area contributed by atoms with Gasteiger partial charge in [-0.1, -0.05) is 0 Å². The third-order valence-electron chi connectivity index (χ3n) is 1.20. The molecule has 5 heteroatoms. The molecule has 1 atom stereocenters. The molecule has 0 rings (SSSR count). The van der Waals surface area contributed by atoms with Crippen LogP contribution in [-0.4, -0.2) is 44.4 Å². The summed E-state index contributed by atoms with van der Waals surface area (Å²) in [5, 5.41) is 16.6. The summed E-state index contributed by atoms with van der Waals surface area (Å²) < 4.78 is 0. The zero-order valence-corrected chi connectivity index (χ0v) is 6.85. The molecule has 0 aromatic carbocycles. The van der Waals surface area contributed by atoms with E-state index in [0.717, 1.165) is 0 Å². The molecule has 0 radical (unpaired) electrons. The van der Waals surface area contributed by atoms with Crippen LogP contribution in [0.25, 0.3) is 0 Å². The second-order valence-electron chi connectivity index (χ2n) is 2.12. The highest BCUT2D eigenvalue weighted by Gasteiger charge is 2.06. The largest absolute Gasteiger partial charge is 0.393 e. The van der Waals surface area contributed by atoms with Crippen molar-refractivity contribution in [1.29, 1.82) is 0 Å². The first kappa shape index (κ1) is 10.3. The van der Waals surface area contributed by atoms with Crippen LogP contribution in [0.4, 0.5) is 0 Å². The fraction of sp³-hybridized carbons (Fsp3) is 0.833. The molecule has 0 aromatic rings. The van der Waals surface area contributed by atoms with E-state index in [-0.39, 0.29) is 25.2 Å². The molecule has 1 amide bonds. The number of rotatable bonds is 5. The predicted molar refractivity (Wildman–Crippen MR) is 42.0 cm³/mol. The summed E-state index contributed by atoms with van der Waals surface area (Å²) in [5.74, 6) is -0.138. The van der Waals surface area contributed by atoms with Gasteiger partial charge in [-0.3, -0.25) is 10.1 Å². The molecule has 0 aromatic heterocycles. The van der Waals surface area contributed by atoms with Crippen molar-refractivity contribution in [1.82, 2.24) is 16.0 Å². The van der Waals surface area contributed by atoms with Crippen molar-refractivity contribution in [2.24, 2.45) is 0 Å². The van der Waals surface area contributed by atoms with Gasteiger partial charge in [-0.2, -0.15) is 0 Å². The Morgan fingerprint density at radius 1 is 1.55 bits per heavy atom. The van der Waals surface area contributed by atoms with E-state index >= 15 is 0 Å². The number of aliphatic hydroxyl groups excluding tert-OH is 1. The van der Waals surface area contributed by atoms with Crippen LogP contribution in [-0.2, 0) is 4.79 Å². The van der Waals surface area contributed by atoms with Crippen LogP contribution in [0.3, 0.4) is 0 Å². The third-order valence-corrected chi connectivity index (χ3v) is 1.20. The van der Waals surface area contributed by atoms with Gasteiger partial charge in [0.1, 0.15) is 6.17 Å². The van der Waals surface area contributed by atoms with Gasteiger partial charge in [0.05, 0.1) is 13.2 Å². The molecule has 0 aliphatic rings. The standard InChI is InChI=1S/C6H15N3O2/c1-7-3-6(11)9-5(4-10)8-2/h5,7-8,10H,3-4H2,1-2H3,(H,9,11). The summed E-state index contributed by atoms with van der Waals surface area (Å²) in [7, 11) is 3.35. The summed E-state index contributed by atoms with van der Waals surface area (Å²) in [5.41, 5.74) is 0. The van der Waals surface area contributed by atoms with Gasteiger partial charge in [0, 0.05) is 0 Å². The summed E-state index contributed by atoms with van der Waals surface area (Å²) in [6, 6.07) is 0. The Bertz CT molecular complexity index is 114. The van der Waals surface area contributed by atoms with Gasteiger partial charge in [-0.15, -0.1) is 0 Å². The minimum Gasteiger partial charge on any atom is -0.393 e. The van der Waals surface area contributed by atoms with Crippen molar-refractivity contribution >= 4 is 5.91 Å². The van der Waals surface area contributed by atoms with E-state index in [1.54, 1.807) is 14.1 Å². The average molecular weight is 161 g/mol. The molecule has 0 fully saturated rings. The molecule has 0 aliphatic carbocycles. The van der Waals surface area contributed by atoms with Crippen molar-refractivity contribution in [3.05, 3.63) is 0 Å². The Morgan fingerprint density at radius 2 is 2.18 bits per heavy atom. The quantitative estimate of drug-likeness (QED) is 0.347. The lowest BCUT2D eigenvalue weighted by molar-refractivity contribution is -0.121. The van der Waals surface area contributed by atoms with Gasteiger partial charge in [0.15, 0.2) is 0 Å². The monoisotopic (exact) mass is 161 g/mol. The lowest BCUT2D eigenvalue weighted by Crippen LogP contribution is -2.48. The van der Waals surface area contributed by atoms with Crippen molar-refractivity contribution in [2.45, 2.75) is 6.17 Å². The minimum atomic E-state index is -0.351. The van der Waals surface area contributed by atoms with Crippen LogP contribution >= 0.6 is 0 Å². The van der Waals surface area contributed by atoms with E-state index in [9.17, 15) is 4.79 Å². The van der Waals surface area contributed by atoms with Gasteiger partial charge in [-0.25, -0.2) is 0 Å². The Morgan fingerprint density at radius 3 is 2.55 bits per heavy atom. The lowest BCUT2D eigenvalue weighted by Gasteiger charge is -2.14. The van der Waals surface area contributed by atoms with Gasteiger partial charge in [-0.05, 0) is 14.1 Å². The maximum absolute atomic E-state index is 10.8. The summed E-state index contributed by atoms with van der Waals surface area (Å²) in [6.45, 7) is 0.157. The maximum atomic E-state index is 10.8. The highest BCUT2D eigenvalue weighted by molar-refractivity contribution is 5.78. The zero-order chi connectivity index (χ0) is 8.69. The van der Waals surface area contributed by atoms with Crippen molar-refractivity contribution < 1.29 is 9.90 Å². The fourth-order valence-electron chi connectivity index (χ4n) is 0.615. The van der Waals surface area contributed by atoms with E-state index in [4.69, 9.17) is 5.11 Å². The van der Waals surface area contributed by atoms with Crippen molar-refractivity contribution in [3.8, 4) is 0 Å². The second-order valence-corrected chi connectivity index (χ2v) is 2.12. The molecular formula is C6H15N3O2. The molecule has 5 nitrogen and oxygen atoms in total. The molecule has 0 saturated carbocycles. The minimum absolute atomic E-state index is 0.105. The number of carbonyl (C=O) groups is 1. The SMILES string of the molecule is CNCC(=O)NC(CO)NC. The van der Waals surface area contributed by atoms with E-state index in [2.05, 4.69) is 16.0 Å². The maximum Gasteiger partial charge on any atom is 0.235 e. The highest BCUT2D eigenvalue weighted by atomic mass is 16.3. The Kier molecular flexibility index (Phi) is 5.73. The second kappa shape index (κ2) is 6.09. The molecule has 0 saturated heterocycles. The van der Waals surface area contributed by atoms with Crippen LogP contribution in [0.1, 0.15) is 0 Å². The molecular weight excluding hydrogens is 146 g/mol. The van der Waals surface area contributed by atoms with Crippen molar-refractivity contribution in [2.75, 3.05) is 27.2 Å². The molecule has 4 N–H and O–H groups in total. The third kappa shape index (κ3) is 4.72. The van der Waals surface area contributed by atoms with E-state index < -0.39 is 0 Å². The predicted octanol–water partition coefficient (Wildman–Crippen LogP) is -2.14. The molecule has 0 heterocycles. The van der Waals surface area contributed by atoms with Gasteiger partial charge >= 0.3 is 0 Å². The van der Waals surface area contributed by atoms with Crippen LogP contribution in [0.2, 0.25) is 0 Å². The van der Waals surface area contributed by atoms with Gasteiger partial charge in [0.2, 0.25) is 5.91 Å². The molecule has 1 unspecified atom stereocenters. The Hall–Kier alpha value is -0.650. The molecule has 0 bridgehead atoms. The number of nitrogens with one attached hydrogen (secondary N) is 3. The molecule has 0 spiro atoms. The molecule has 11 heavy (non-hydrogen) atoms. The Balaban J connectivity index is 3.54. The average Bonchev–Trinajstić information content (AvgIpc) is 2.01. The molecule has 66 valence electrons. The molecule has 0 aliphatic heterocycles. The Labute approximate surface area is 66.2 Å². The topological polar surface area (TPSA) is 73.4 Å². The first-order chi connectivity index (χ1) is 5.24. The van der Waals surface area contributed by atoms with Crippen molar-refractivity contribution in [3.63, 3.8) is 0 Å². The summed E-state index contributed by atoms with van der Waals surface area (Å²) in [4.78, 5) is 10.8. The summed E-state index contributed by atoms with van der Waals surface area (Å²) in [6.07, 6.45) is -0.351. The number of carbonyl (C=O) groups excluding carboxylic acids is 1. The zero-order valence-electron chi connectivity index (χ0n) is 6.85. The van der Waals surface area contributed by atoms with Crippen LogP contribution in [0, 0.1) is 0 Å². The number of amides is 1. The lowest BCUT2D eigenvalue weighted by atomic mass is 10.5. The number of hydrogen-bond donors (Lipinski definition) is 4. The normalized spacial score (nSPS) is 12.6. The number of aliphatic hydroxyl groups is 1. The smallest absolute Gasteiger partial charge is 0.235 e. The number of likely N-dealkylation sites (N-methyl/N-ethyl adjacent to an activating group) is 2. The van der Waals surface area contributed by atoms with E-state index in [1.165, 1.54) is 0 Å². The highest BCUT2D eigenvalue weighted by Crippen LogP contribution is 1.72. The van der Waals surface area contributed by atoms with E-state index in [1.807, 2.05) is 0 Å². The number of hydrogen-bond acceptors (Lipinski definition) is 4. The van der Waals surface area contributed by atoms with Crippen LogP contribution in [0.15, 0.2) is 0 Å². The summed E-state index contributed by atoms with van der Waals surface area (Å²) >= 11 is 0. The van der Waals surface area contributed by atoms with E-state index in [0.29, 0.717) is 0 Å². The van der Waals surface area contributed by atoms with Crippen LogP contribution in [0.5, 0.6) is 0 Å². The fourth-order valence-corrected chi connectivity index (χ4v) is 0.615. The van der Waals surface area contributed by atoms with Gasteiger partial charge < -0.3 is 15.7 Å². The first-order valence-corrected chi connectivity index (χ1v) is 3.46. The van der Waals surface area contributed by atoms with Gasteiger partial charge in [0.25, 0.3) is 0 Å². The van der Waals surface area contributed by atoms with Crippen LogP contribution < -0.4 is 16.0 Å².